The number of piperazine rings is 1. The molecule has 5 nitrogen and oxygen atoms in total. The number of carbonyl (C=O) groups is 2. The molecular weight excluding hydrogens is 446 g/mol. The van der Waals surface area contributed by atoms with E-state index >= 15 is 0 Å². The van der Waals surface area contributed by atoms with E-state index in [9.17, 15) is 14.9 Å². The summed E-state index contributed by atoms with van der Waals surface area (Å²) in [4.78, 5) is 31.1. The molecule has 1 heterocycles. The molecule has 6 rings (SSSR count). The average molecular weight is 480 g/mol. The van der Waals surface area contributed by atoms with Crippen LogP contribution in [0.4, 0.5) is 5.69 Å². The highest BCUT2D eigenvalue weighted by molar-refractivity contribution is 6.33. The minimum absolute atomic E-state index is 0.111. The first kappa shape index (κ1) is 23.0. The predicted octanol–water partition coefficient (Wildman–Crippen LogP) is 5.05. The molecule has 1 aliphatic heterocycles. The monoisotopic (exact) mass is 479 g/mol. The molecule has 4 aliphatic rings. The molecule has 0 unspecified atom stereocenters. The number of fused-ring (bicyclic) bond motifs is 3. The van der Waals surface area contributed by atoms with Gasteiger partial charge in [-0.15, -0.1) is 0 Å². The maximum Gasteiger partial charge on any atom is 0.225 e. The second-order valence-electron chi connectivity index (χ2n) is 11.3. The highest BCUT2D eigenvalue weighted by atomic mass is 16.2. The van der Waals surface area contributed by atoms with Gasteiger partial charge >= 0.3 is 0 Å². The minimum Gasteiger partial charge on any atom is -0.368 e. The Bertz CT molecular complexity index is 1360. The summed E-state index contributed by atoms with van der Waals surface area (Å²) in [6.45, 7) is 9.81. The Kier molecular flexibility index (Phi) is 5.33. The van der Waals surface area contributed by atoms with Crippen LogP contribution < -0.4 is 4.90 Å². The molecular formula is C31H33N3O2. The summed E-state index contributed by atoms with van der Waals surface area (Å²) in [5, 5.41) is 9.37. The number of nitrogens with zero attached hydrogens (tertiary/aromatic N) is 3. The minimum atomic E-state index is -0.284. The fraction of sp³-hybridized carbons (Fsp3) is 0.452. The Morgan fingerprint density at radius 1 is 1.08 bits per heavy atom. The summed E-state index contributed by atoms with van der Waals surface area (Å²) in [5.41, 5.74) is 8.74. The summed E-state index contributed by atoms with van der Waals surface area (Å²) in [5.74, 6) is 0.703. The van der Waals surface area contributed by atoms with Gasteiger partial charge in [0.1, 0.15) is 0 Å². The number of carbonyl (C=O) groups excluding carboxylic acids is 2. The van der Waals surface area contributed by atoms with E-state index in [1.54, 1.807) is 0 Å². The largest absolute Gasteiger partial charge is 0.368 e. The fourth-order valence-electron chi connectivity index (χ4n) is 6.58. The first-order chi connectivity index (χ1) is 17.3. The van der Waals surface area contributed by atoms with Crippen molar-refractivity contribution in [1.82, 2.24) is 4.90 Å². The van der Waals surface area contributed by atoms with Crippen LogP contribution in [0.2, 0.25) is 0 Å². The van der Waals surface area contributed by atoms with Crippen molar-refractivity contribution in [3.05, 3.63) is 69.3 Å². The molecule has 0 N–H and O–H groups in total. The molecule has 3 aliphatic carbocycles. The van der Waals surface area contributed by atoms with Gasteiger partial charge in [0, 0.05) is 54.3 Å². The van der Waals surface area contributed by atoms with E-state index in [-0.39, 0.29) is 17.1 Å². The van der Waals surface area contributed by atoms with E-state index in [1.165, 1.54) is 17.7 Å². The Morgan fingerprint density at radius 2 is 1.83 bits per heavy atom. The Hall–Kier alpha value is -3.39. The third-order valence-corrected chi connectivity index (χ3v) is 9.06. The van der Waals surface area contributed by atoms with Crippen LogP contribution in [-0.4, -0.2) is 42.8 Å². The van der Waals surface area contributed by atoms with Crippen molar-refractivity contribution in [3.8, 4) is 6.07 Å². The number of rotatable bonds is 3. The first-order valence-electron chi connectivity index (χ1n) is 13.4. The fourth-order valence-corrected chi connectivity index (χ4v) is 6.58. The van der Waals surface area contributed by atoms with Gasteiger partial charge in [-0.05, 0) is 77.8 Å². The number of anilines is 1. The standard InChI is InChI=1S/C31H33N3O2/c1-4-20-15-24-25(17-27(20)33-10-12-34(13-11-33)30(36)21-6-5-7-21)31(2,3)26-16-22-14-19(18-32)8-9-23(22)28(26)29(24)35/h8-9,14-15,17,21H,4-7,10-13,16H2,1-3H3. The zero-order valence-electron chi connectivity index (χ0n) is 21.5. The van der Waals surface area contributed by atoms with E-state index in [0.717, 1.165) is 78.8 Å². The maximum absolute atomic E-state index is 13.9. The summed E-state index contributed by atoms with van der Waals surface area (Å²) in [7, 11) is 0. The summed E-state index contributed by atoms with van der Waals surface area (Å²) < 4.78 is 0. The van der Waals surface area contributed by atoms with Gasteiger partial charge in [0.05, 0.1) is 11.6 Å². The van der Waals surface area contributed by atoms with Gasteiger partial charge in [-0.1, -0.05) is 33.3 Å². The highest BCUT2D eigenvalue weighted by Gasteiger charge is 2.43. The molecule has 0 bridgehead atoms. The molecule has 0 radical (unpaired) electrons. The van der Waals surface area contributed by atoms with Gasteiger partial charge in [0.2, 0.25) is 5.91 Å². The first-order valence-corrected chi connectivity index (χ1v) is 13.4. The van der Waals surface area contributed by atoms with Crippen LogP contribution in [-0.2, 0) is 23.1 Å². The van der Waals surface area contributed by atoms with Crippen molar-refractivity contribution in [3.63, 3.8) is 0 Å². The van der Waals surface area contributed by atoms with Crippen molar-refractivity contribution in [2.24, 2.45) is 5.92 Å². The van der Waals surface area contributed by atoms with Gasteiger partial charge in [-0.25, -0.2) is 0 Å². The van der Waals surface area contributed by atoms with Crippen LogP contribution in [0.15, 0.2) is 35.9 Å². The van der Waals surface area contributed by atoms with Crippen molar-refractivity contribution < 1.29 is 9.59 Å². The molecule has 184 valence electrons. The van der Waals surface area contributed by atoms with Crippen LogP contribution in [0.25, 0.3) is 5.57 Å². The smallest absolute Gasteiger partial charge is 0.225 e. The molecule has 1 saturated heterocycles. The number of hydrogen-bond donors (Lipinski definition) is 0. The number of amides is 1. The number of allylic oxidation sites excluding steroid dienone is 2. The van der Waals surface area contributed by atoms with Crippen LogP contribution >= 0.6 is 0 Å². The second-order valence-corrected chi connectivity index (χ2v) is 11.3. The third kappa shape index (κ3) is 3.34. The van der Waals surface area contributed by atoms with Crippen molar-refractivity contribution in [1.29, 1.82) is 5.26 Å². The maximum atomic E-state index is 13.9. The van der Waals surface area contributed by atoms with Gasteiger partial charge in [0.25, 0.3) is 0 Å². The van der Waals surface area contributed by atoms with Crippen LogP contribution in [0.3, 0.4) is 0 Å². The van der Waals surface area contributed by atoms with Crippen LogP contribution in [0, 0.1) is 17.2 Å². The number of ketones is 1. The molecule has 0 spiro atoms. The summed E-state index contributed by atoms with van der Waals surface area (Å²) in [6, 6.07) is 12.3. The van der Waals surface area contributed by atoms with Gasteiger partial charge < -0.3 is 9.80 Å². The van der Waals surface area contributed by atoms with Crippen molar-refractivity contribution in [2.75, 3.05) is 31.1 Å². The molecule has 1 saturated carbocycles. The Balaban J connectivity index is 1.34. The zero-order valence-corrected chi connectivity index (χ0v) is 21.5. The predicted molar refractivity (Wildman–Crippen MR) is 141 cm³/mol. The van der Waals surface area contributed by atoms with Gasteiger partial charge in [-0.2, -0.15) is 5.26 Å². The molecule has 0 aromatic heterocycles. The number of benzene rings is 2. The second kappa shape index (κ2) is 8.34. The van der Waals surface area contributed by atoms with Crippen molar-refractivity contribution in [2.45, 2.75) is 58.3 Å². The number of aryl methyl sites for hydroxylation is 1. The molecule has 0 atom stereocenters. The van der Waals surface area contributed by atoms with E-state index in [0.29, 0.717) is 17.9 Å². The van der Waals surface area contributed by atoms with Gasteiger partial charge in [0.15, 0.2) is 5.78 Å². The molecule has 1 amide bonds. The van der Waals surface area contributed by atoms with Crippen LogP contribution in [0.5, 0.6) is 0 Å². The third-order valence-electron chi connectivity index (χ3n) is 9.06. The number of hydrogen-bond acceptors (Lipinski definition) is 4. The average Bonchev–Trinajstić information content (AvgIpc) is 3.26. The van der Waals surface area contributed by atoms with Crippen molar-refractivity contribution >= 4 is 23.0 Å². The Labute approximate surface area is 213 Å². The van der Waals surface area contributed by atoms with E-state index in [1.807, 2.05) is 18.2 Å². The number of Topliss-reactive ketones (excluding diaryl/α,β-unsaturated/α-hetero) is 1. The lowest BCUT2D eigenvalue weighted by Crippen LogP contribution is -2.51. The van der Waals surface area contributed by atoms with E-state index in [4.69, 9.17) is 0 Å². The molecule has 5 heteroatoms. The quantitative estimate of drug-likeness (QED) is 0.618. The molecule has 2 aromatic rings. The highest BCUT2D eigenvalue weighted by Crippen LogP contribution is 2.51. The molecule has 2 aromatic carbocycles. The molecule has 36 heavy (non-hydrogen) atoms. The van der Waals surface area contributed by atoms with Gasteiger partial charge in [-0.3, -0.25) is 9.59 Å². The topological polar surface area (TPSA) is 64.4 Å². The summed E-state index contributed by atoms with van der Waals surface area (Å²) >= 11 is 0. The Morgan fingerprint density at radius 3 is 2.47 bits per heavy atom. The summed E-state index contributed by atoms with van der Waals surface area (Å²) in [6.07, 6.45) is 4.85. The van der Waals surface area contributed by atoms with Crippen LogP contribution in [0.1, 0.15) is 78.2 Å². The van der Waals surface area contributed by atoms with E-state index < -0.39 is 0 Å². The lowest BCUT2D eigenvalue weighted by atomic mass is 9.68. The lowest BCUT2D eigenvalue weighted by Gasteiger charge is -2.41. The SMILES string of the molecule is CCc1cc2c(cc1N1CCN(C(=O)C3CCC3)CC1)C(C)(C)C1=C(C2=O)c2ccc(C#N)cc2C1. The lowest BCUT2D eigenvalue weighted by molar-refractivity contribution is -0.138. The van der Waals surface area contributed by atoms with E-state index in [2.05, 4.69) is 48.8 Å². The normalized spacial score (nSPS) is 20.4. The number of nitriles is 1. The zero-order chi connectivity index (χ0) is 25.2. The molecule has 2 fully saturated rings.